The van der Waals surface area contributed by atoms with Crippen molar-refractivity contribution < 1.29 is 4.42 Å². The summed E-state index contributed by atoms with van der Waals surface area (Å²) < 4.78 is 5.40. The van der Waals surface area contributed by atoms with Gasteiger partial charge in [-0.3, -0.25) is 0 Å². The first-order chi connectivity index (χ1) is 7.42. The summed E-state index contributed by atoms with van der Waals surface area (Å²) in [5.41, 5.74) is 0.992. The lowest BCUT2D eigenvalue weighted by Gasteiger charge is -2.00. The second-order valence-corrected chi connectivity index (χ2v) is 4.23. The lowest BCUT2D eigenvalue weighted by atomic mass is 10.3. The van der Waals surface area contributed by atoms with Gasteiger partial charge < -0.3 is 9.73 Å². The Balaban J connectivity index is 2.09. The largest absolute Gasteiger partial charge is 0.442 e. The molecule has 15 heavy (non-hydrogen) atoms. The zero-order chi connectivity index (χ0) is 10.5. The Hall–Kier alpha value is -1.13. The topological polar surface area (TPSA) is 38.1 Å². The summed E-state index contributed by atoms with van der Waals surface area (Å²) in [7, 11) is 0. The highest BCUT2D eigenvalue weighted by Gasteiger charge is 2.10. The van der Waals surface area contributed by atoms with E-state index in [1.54, 1.807) is 11.3 Å². The van der Waals surface area contributed by atoms with Crippen LogP contribution in [0.1, 0.15) is 19.0 Å². The van der Waals surface area contributed by atoms with Gasteiger partial charge in [0.1, 0.15) is 5.69 Å². The van der Waals surface area contributed by atoms with E-state index in [1.807, 2.05) is 11.4 Å². The summed E-state index contributed by atoms with van der Waals surface area (Å²) in [4.78, 5) is 5.36. The number of oxazole rings is 1. The number of hydrogen-bond donors (Lipinski definition) is 1. The minimum atomic E-state index is 0.775. The van der Waals surface area contributed by atoms with Crippen LogP contribution in [0.3, 0.4) is 0 Å². The molecule has 0 amide bonds. The predicted octanol–water partition coefficient (Wildman–Crippen LogP) is 2.90. The minimum absolute atomic E-state index is 0.775. The Morgan fingerprint density at radius 1 is 1.53 bits per heavy atom. The molecule has 0 aliphatic rings. The van der Waals surface area contributed by atoms with Crippen LogP contribution < -0.4 is 5.32 Å². The Labute approximate surface area is 93.2 Å². The Bertz CT molecular complexity index is 394. The fourth-order valence-electron chi connectivity index (χ4n) is 1.39. The van der Waals surface area contributed by atoms with E-state index in [0.29, 0.717) is 0 Å². The third kappa shape index (κ3) is 2.46. The maximum absolute atomic E-state index is 5.40. The van der Waals surface area contributed by atoms with E-state index >= 15 is 0 Å². The molecule has 0 radical (unpaired) electrons. The van der Waals surface area contributed by atoms with Gasteiger partial charge in [0.15, 0.2) is 12.2 Å². The number of nitrogens with zero attached hydrogens (tertiary/aromatic N) is 1. The van der Waals surface area contributed by atoms with Crippen LogP contribution in [0.25, 0.3) is 10.6 Å². The number of rotatable bonds is 5. The SMILES string of the molecule is CCCNCc1ncoc1-c1cccs1. The fourth-order valence-corrected chi connectivity index (χ4v) is 2.12. The normalized spacial score (nSPS) is 10.7. The molecular weight excluding hydrogens is 208 g/mol. The van der Waals surface area contributed by atoms with Crippen molar-refractivity contribution in [2.24, 2.45) is 0 Å². The maximum atomic E-state index is 5.40. The van der Waals surface area contributed by atoms with Crippen LogP contribution in [0, 0.1) is 0 Å². The van der Waals surface area contributed by atoms with Crippen LogP contribution >= 0.6 is 11.3 Å². The van der Waals surface area contributed by atoms with E-state index in [2.05, 4.69) is 23.3 Å². The zero-order valence-electron chi connectivity index (χ0n) is 8.69. The number of hydrogen-bond acceptors (Lipinski definition) is 4. The van der Waals surface area contributed by atoms with Gasteiger partial charge in [0.25, 0.3) is 0 Å². The second-order valence-electron chi connectivity index (χ2n) is 3.28. The highest BCUT2D eigenvalue weighted by Crippen LogP contribution is 2.27. The van der Waals surface area contributed by atoms with Crippen molar-refractivity contribution in [3.8, 4) is 10.6 Å². The summed E-state index contributed by atoms with van der Waals surface area (Å²) in [6.07, 6.45) is 2.64. The first kappa shape index (κ1) is 10.4. The molecule has 0 atom stereocenters. The number of aromatic nitrogens is 1. The van der Waals surface area contributed by atoms with Gasteiger partial charge in [-0.1, -0.05) is 13.0 Å². The third-order valence-corrected chi connectivity index (χ3v) is 2.97. The van der Waals surface area contributed by atoms with Crippen molar-refractivity contribution in [2.75, 3.05) is 6.54 Å². The quantitative estimate of drug-likeness (QED) is 0.790. The molecule has 3 nitrogen and oxygen atoms in total. The van der Waals surface area contributed by atoms with Crippen LogP contribution in [0.4, 0.5) is 0 Å². The van der Waals surface area contributed by atoms with Crippen molar-refractivity contribution >= 4 is 11.3 Å². The van der Waals surface area contributed by atoms with E-state index < -0.39 is 0 Å². The van der Waals surface area contributed by atoms with Crippen LogP contribution in [0.5, 0.6) is 0 Å². The summed E-state index contributed by atoms with van der Waals surface area (Å²) >= 11 is 1.67. The van der Waals surface area contributed by atoms with E-state index in [-0.39, 0.29) is 0 Å². The van der Waals surface area contributed by atoms with E-state index in [9.17, 15) is 0 Å². The average molecular weight is 222 g/mol. The minimum Gasteiger partial charge on any atom is -0.442 e. The van der Waals surface area contributed by atoms with Crippen molar-refractivity contribution in [1.29, 1.82) is 0 Å². The number of nitrogens with one attached hydrogen (secondary N) is 1. The average Bonchev–Trinajstić information content (AvgIpc) is 2.87. The summed E-state index contributed by atoms with van der Waals surface area (Å²) in [6, 6.07) is 4.07. The molecule has 2 aromatic rings. The van der Waals surface area contributed by atoms with Crippen LogP contribution in [-0.4, -0.2) is 11.5 Å². The molecule has 0 fully saturated rings. The van der Waals surface area contributed by atoms with Gasteiger partial charge in [-0.05, 0) is 24.4 Å². The van der Waals surface area contributed by atoms with Crippen molar-refractivity contribution in [2.45, 2.75) is 19.9 Å². The molecule has 0 saturated carbocycles. The zero-order valence-corrected chi connectivity index (χ0v) is 9.51. The molecule has 80 valence electrons. The Morgan fingerprint density at radius 3 is 3.20 bits per heavy atom. The van der Waals surface area contributed by atoms with E-state index in [1.165, 1.54) is 6.39 Å². The summed E-state index contributed by atoms with van der Waals surface area (Å²) in [5.74, 6) is 0.897. The van der Waals surface area contributed by atoms with Crippen LogP contribution in [0.15, 0.2) is 28.3 Å². The molecule has 2 aromatic heterocycles. The number of thiophene rings is 1. The highest BCUT2D eigenvalue weighted by atomic mass is 32.1. The smallest absolute Gasteiger partial charge is 0.181 e. The molecule has 0 unspecified atom stereocenters. The predicted molar refractivity (Wildman–Crippen MR) is 61.8 cm³/mol. The summed E-state index contributed by atoms with van der Waals surface area (Å²) in [5, 5.41) is 5.36. The highest BCUT2D eigenvalue weighted by molar-refractivity contribution is 7.13. The van der Waals surface area contributed by atoms with Crippen molar-refractivity contribution in [1.82, 2.24) is 10.3 Å². The Kier molecular flexibility index (Phi) is 3.53. The molecule has 4 heteroatoms. The molecule has 0 aromatic carbocycles. The van der Waals surface area contributed by atoms with Crippen molar-refractivity contribution in [3.05, 3.63) is 29.6 Å². The Morgan fingerprint density at radius 2 is 2.47 bits per heavy atom. The molecule has 0 aliphatic carbocycles. The molecule has 0 spiro atoms. The summed E-state index contributed by atoms with van der Waals surface area (Å²) in [6.45, 7) is 3.93. The molecule has 0 bridgehead atoms. The maximum Gasteiger partial charge on any atom is 0.181 e. The van der Waals surface area contributed by atoms with Crippen LogP contribution in [0.2, 0.25) is 0 Å². The van der Waals surface area contributed by atoms with Gasteiger partial charge in [-0.15, -0.1) is 11.3 Å². The van der Waals surface area contributed by atoms with Crippen molar-refractivity contribution in [3.63, 3.8) is 0 Å². The lowest BCUT2D eigenvalue weighted by molar-refractivity contribution is 0.570. The lowest BCUT2D eigenvalue weighted by Crippen LogP contribution is -2.14. The van der Waals surface area contributed by atoms with E-state index in [0.717, 1.165) is 35.8 Å². The first-order valence-corrected chi connectivity index (χ1v) is 5.96. The third-order valence-electron chi connectivity index (χ3n) is 2.11. The standard InChI is InChI=1S/C11H14N2OS/c1-2-5-12-7-9-11(14-8-13-9)10-4-3-6-15-10/h3-4,6,8,12H,2,5,7H2,1H3. The van der Waals surface area contributed by atoms with Gasteiger partial charge in [0.2, 0.25) is 0 Å². The van der Waals surface area contributed by atoms with Crippen LogP contribution in [-0.2, 0) is 6.54 Å². The van der Waals surface area contributed by atoms with Gasteiger partial charge >= 0.3 is 0 Å². The molecule has 1 N–H and O–H groups in total. The molecule has 2 rings (SSSR count). The molecular formula is C11H14N2OS. The monoisotopic (exact) mass is 222 g/mol. The van der Waals surface area contributed by atoms with Gasteiger partial charge in [0, 0.05) is 6.54 Å². The fraction of sp³-hybridized carbons (Fsp3) is 0.364. The van der Waals surface area contributed by atoms with Gasteiger partial charge in [-0.25, -0.2) is 4.98 Å². The molecule has 2 heterocycles. The first-order valence-electron chi connectivity index (χ1n) is 5.08. The molecule has 0 saturated heterocycles. The van der Waals surface area contributed by atoms with E-state index in [4.69, 9.17) is 4.42 Å². The second kappa shape index (κ2) is 5.09. The van der Waals surface area contributed by atoms with Gasteiger partial charge in [0.05, 0.1) is 4.88 Å². The molecule has 0 aliphatic heterocycles. The van der Waals surface area contributed by atoms with Gasteiger partial charge in [-0.2, -0.15) is 0 Å².